The summed E-state index contributed by atoms with van der Waals surface area (Å²) in [5.74, 6) is -0.692. The van der Waals surface area contributed by atoms with Crippen LogP contribution in [-0.2, 0) is 5.54 Å². The normalized spacial score (nSPS) is 19.4. The van der Waals surface area contributed by atoms with Gasteiger partial charge in [-0.05, 0) is 43.2 Å². The number of rotatable bonds is 5. The smallest absolute Gasteiger partial charge is 0.267 e. The van der Waals surface area contributed by atoms with Gasteiger partial charge in [-0.1, -0.05) is 12.1 Å². The lowest BCUT2D eigenvalue weighted by atomic mass is 9.68. The van der Waals surface area contributed by atoms with Crippen molar-refractivity contribution >= 4 is 16.8 Å². The second-order valence-corrected chi connectivity index (χ2v) is 8.18. The number of amides is 1. The van der Waals surface area contributed by atoms with Gasteiger partial charge in [-0.25, -0.2) is 4.98 Å². The van der Waals surface area contributed by atoms with E-state index in [0.717, 1.165) is 22.0 Å². The van der Waals surface area contributed by atoms with Gasteiger partial charge in [-0.15, -0.1) is 0 Å². The second-order valence-electron chi connectivity index (χ2n) is 8.18. The molecule has 2 N–H and O–H groups in total. The van der Waals surface area contributed by atoms with Crippen LogP contribution in [0.15, 0.2) is 54.9 Å². The van der Waals surface area contributed by atoms with Crippen molar-refractivity contribution in [3.63, 3.8) is 0 Å². The van der Waals surface area contributed by atoms with Gasteiger partial charge >= 0.3 is 0 Å². The molecule has 0 spiro atoms. The standard InChI is InChI=1S/C24H18N8O/c25-7-6-24(11-15(12-24)13-26)32-29-14-22(31-32)18-9-16(10-21-17(18)3-2-8-28-21)19-4-1-5-20(30-19)23(27)33/h1-5,8-10,14-15H,6,11-12H2,(H2,27,33)/t15-,24+. The third-order valence-corrected chi connectivity index (χ3v) is 6.05. The van der Waals surface area contributed by atoms with E-state index in [1.807, 2.05) is 24.3 Å². The zero-order chi connectivity index (χ0) is 23.0. The Balaban J connectivity index is 1.62. The Labute approximate surface area is 189 Å². The Bertz CT molecular complexity index is 1470. The van der Waals surface area contributed by atoms with E-state index in [9.17, 15) is 15.3 Å². The van der Waals surface area contributed by atoms with E-state index in [0.29, 0.717) is 24.2 Å². The van der Waals surface area contributed by atoms with Gasteiger partial charge in [-0.2, -0.15) is 25.5 Å². The first-order valence-corrected chi connectivity index (χ1v) is 10.4. The van der Waals surface area contributed by atoms with Crippen molar-refractivity contribution in [2.45, 2.75) is 24.8 Å². The van der Waals surface area contributed by atoms with Crippen molar-refractivity contribution in [3.05, 3.63) is 60.6 Å². The fourth-order valence-corrected chi connectivity index (χ4v) is 4.36. The van der Waals surface area contributed by atoms with Crippen molar-refractivity contribution in [1.82, 2.24) is 25.0 Å². The molecule has 9 heteroatoms. The molecule has 0 radical (unpaired) electrons. The van der Waals surface area contributed by atoms with Gasteiger partial charge in [0, 0.05) is 22.7 Å². The van der Waals surface area contributed by atoms with Gasteiger partial charge < -0.3 is 5.73 Å². The van der Waals surface area contributed by atoms with Crippen LogP contribution in [0.5, 0.6) is 0 Å². The predicted octanol–water partition coefficient (Wildman–Crippen LogP) is 3.20. The summed E-state index contributed by atoms with van der Waals surface area (Å²) in [6, 6.07) is 17.2. The Morgan fingerprint density at radius 1 is 1.18 bits per heavy atom. The lowest BCUT2D eigenvalue weighted by Gasteiger charge is -2.42. The van der Waals surface area contributed by atoms with Crippen LogP contribution in [0.25, 0.3) is 33.4 Å². The second kappa shape index (κ2) is 7.81. The number of benzene rings is 1. The van der Waals surface area contributed by atoms with Crippen LogP contribution < -0.4 is 5.73 Å². The summed E-state index contributed by atoms with van der Waals surface area (Å²) in [4.78, 5) is 22.1. The van der Waals surface area contributed by atoms with E-state index in [1.54, 1.807) is 35.4 Å². The lowest BCUT2D eigenvalue weighted by Crippen LogP contribution is -2.47. The number of aromatic nitrogens is 5. The van der Waals surface area contributed by atoms with Crippen LogP contribution in [-0.4, -0.2) is 30.9 Å². The lowest BCUT2D eigenvalue weighted by molar-refractivity contribution is 0.0713. The van der Waals surface area contributed by atoms with Crippen LogP contribution in [0.1, 0.15) is 29.8 Å². The number of nitrogens with zero attached hydrogens (tertiary/aromatic N) is 7. The monoisotopic (exact) mass is 434 g/mol. The van der Waals surface area contributed by atoms with Crippen molar-refractivity contribution < 1.29 is 4.79 Å². The average Bonchev–Trinajstić information content (AvgIpc) is 3.31. The van der Waals surface area contributed by atoms with E-state index >= 15 is 0 Å². The van der Waals surface area contributed by atoms with Crippen LogP contribution >= 0.6 is 0 Å². The molecule has 1 aliphatic rings. The highest BCUT2D eigenvalue weighted by molar-refractivity contribution is 5.97. The first-order chi connectivity index (χ1) is 16.0. The molecule has 33 heavy (non-hydrogen) atoms. The minimum Gasteiger partial charge on any atom is -0.364 e. The number of primary amides is 1. The van der Waals surface area contributed by atoms with Gasteiger partial charge in [0.25, 0.3) is 5.91 Å². The molecule has 0 bridgehead atoms. The number of pyridine rings is 2. The summed E-state index contributed by atoms with van der Waals surface area (Å²) >= 11 is 0. The van der Waals surface area contributed by atoms with Crippen LogP contribution in [0.4, 0.5) is 0 Å². The topological polar surface area (TPSA) is 147 Å². The number of carbonyl (C=O) groups excluding carboxylic acids is 1. The first-order valence-electron chi connectivity index (χ1n) is 10.4. The van der Waals surface area contributed by atoms with Crippen molar-refractivity contribution in [3.8, 4) is 34.7 Å². The Kier molecular flexibility index (Phi) is 4.80. The largest absolute Gasteiger partial charge is 0.364 e. The highest BCUT2D eigenvalue weighted by atomic mass is 16.1. The molecule has 9 nitrogen and oxygen atoms in total. The van der Waals surface area contributed by atoms with Gasteiger partial charge in [0.05, 0.1) is 47.4 Å². The Hall–Kier alpha value is -4.63. The molecule has 1 amide bonds. The molecule has 3 heterocycles. The fraction of sp³-hybridized carbons (Fsp3) is 0.208. The molecule has 0 aliphatic heterocycles. The van der Waals surface area contributed by atoms with Crippen molar-refractivity contribution in [1.29, 1.82) is 10.5 Å². The molecule has 160 valence electrons. The van der Waals surface area contributed by atoms with Crippen LogP contribution in [0.2, 0.25) is 0 Å². The molecule has 0 unspecified atom stereocenters. The van der Waals surface area contributed by atoms with E-state index in [1.165, 1.54) is 0 Å². The summed E-state index contributed by atoms with van der Waals surface area (Å²) in [7, 11) is 0. The molecule has 1 aliphatic carbocycles. The molecule has 5 rings (SSSR count). The minimum atomic E-state index is -0.599. The number of nitrogens with two attached hydrogens (primary N) is 1. The van der Waals surface area contributed by atoms with Crippen molar-refractivity contribution in [2.75, 3.05) is 0 Å². The summed E-state index contributed by atoms with van der Waals surface area (Å²) in [5.41, 5.74) is 8.53. The van der Waals surface area contributed by atoms with Crippen molar-refractivity contribution in [2.24, 2.45) is 11.7 Å². The van der Waals surface area contributed by atoms with Gasteiger partial charge in [0.1, 0.15) is 11.4 Å². The number of nitriles is 2. The van der Waals surface area contributed by atoms with E-state index in [-0.39, 0.29) is 18.0 Å². The minimum absolute atomic E-state index is 0.0928. The molecule has 3 aromatic heterocycles. The third kappa shape index (κ3) is 3.46. The Morgan fingerprint density at radius 2 is 2.03 bits per heavy atom. The maximum absolute atomic E-state index is 11.6. The average molecular weight is 434 g/mol. The predicted molar refractivity (Wildman–Crippen MR) is 119 cm³/mol. The van der Waals surface area contributed by atoms with Crippen LogP contribution in [0.3, 0.4) is 0 Å². The molecular formula is C24H18N8O. The van der Waals surface area contributed by atoms with E-state index in [2.05, 4.69) is 27.2 Å². The quantitative estimate of drug-likeness (QED) is 0.507. The SMILES string of the molecule is N#CC[C@]1(n2ncc(-c3cc(-c4cccc(C(N)=O)n4)cc4ncccc34)n2)C[C@@H](C#N)C1. The molecule has 1 saturated carbocycles. The number of hydrogen-bond donors (Lipinski definition) is 1. The molecule has 4 aromatic rings. The van der Waals surface area contributed by atoms with E-state index in [4.69, 9.17) is 10.8 Å². The van der Waals surface area contributed by atoms with Gasteiger partial charge in [0.2, 0.25) is 0 Å². The van der Waals surface area contributed by atoms with Gasteiger partial charge in [0.15, 0.2) is 0 Å². The molecular weight excluding hydrogens is 416 g/mol. The summed E-state index contributed by atoms with van der Waals surface area (Å²) in [5, 5.41) is 28.6. The molecule has 0 atom stereocenters. The maximum atomic E-state index is 11.6. The highest BCUT2D eigenvalue weighted by Crippen LogP contribution is 2.45. The summed E-state index contributed by atoms with van der Waals surface area (Å²) < 4.78 is 0. The highest BCUT2D eigenvalue weighted by Gasteiger charge is 2.48. The molecule has 1 aromatic carbocycles. The van der Waals surface area contributed by atoms with Gasteiger partial charge in [-0.3, -0.25) is 9.78 Å². The van der Waals surface area contributed by atoms with Crippen LogP contribution in [0, 0.1) is 28.6 Å². The summed E-state index contributed by atoms with van der Waals surface area (Å²) in [6.45, 7) is 0. The molecule has 0 saturated heterocycles. The fourth-order valence-electron chi connectivity index (χ4n) is 4.36. The molecule has 1 fully saturated rings. The zero-order valence-corrected chi connectivity index (χ0v) is 17.5. The van der Waals surface area contributed by atoms with E-state index < -0.39 is 11.4 Å². The first kappa shape index (κ1) is 20.3. The number of carbonyl (C=O) groups is 1. The summed E-state index contributed by atoms with van der Waals surface area (Å²) in [6.07, 6.45) is 4.72. The number of fused-ring (bicyclic) bond motifs is 1. The Morgan fingerprint density at radius 3 is 2.79 bits per heavy atom. The zero-order valence-electron chi connectivity index (χ0n) is 17.5. The third-order valence-electron chi connectivity index (χ3n) is 6.05. The maximum Gasteiger partial charge on any atom is 0.267 e. The number of hydrogen-bond acceptors (Lipinski definition) is 7.